The van der Waals surface area contributed by atoms with Gasteiger partial charge in [-0.3, -0.25) is 4.79 Å². The second-order valence-electron chi connectivity index (χ2n) is 9.64. The van der Waals surface area contributed by atoms with E-state index in [2.05, 4.69) is 29.3 Å². The molecule has 1 amide bonds. The average Bonchev–Trinajstić information content (AvgIpc) is 3.60. The molecule has 3 heterocycles. The molecule has 3 fully saturated rings. The van der Waals surface area contributed by atoms with Crippen LogP contribution in [-0.2, 0) is 9.53 Å². The summed E-state index contributed by atoms with van der Waals surface area (Å²) in [7, 11) is 0. The van der Waals surface area contributed by atoms with Crippen molar-refractivity contribution in [3.63, 3.8) is 0 Å². The highest BCUT2D eigenvalue weighted by atomic mass is 16.5. The Morgan fingerprint density at radius 3 is 2.68 bits per heavy atom. The van der Waals surface area contributed by atoms with Gasteiger partial charge in [0.05, 0.1) is 11.6 Å². The third-order valence-corrected chi connectivity index (χ3v) is 7.05. The van der Waals surface area contributed by atoms with Crippen molar-refractivity contribution in [2.75, 3.05) is 51.2 Å². The number of hydrogen-bond acceptors (Lipinski definition) is 5. The van der Waals surface area contributed by atoms with Gasteiger partial charge in [0, 0.05) is 31.6 Å². The van der Waals surface area contributed by atoms with E-state index in [0.29, 0.717) is 19.0 Å². The molecule has 1 atom stereocenters. The molecule has 31 heavy (non-hydrogen) atoms. The summed E-state index contributed by atoms with van der Waals surface area (Å²) in [4.78, 5) is 21.8. The number of benzene rings is 1. The highest BCUT2D eigenvalue weighted by molar-refractivity contribution is 5.83. The molecule has 6 nitrogen and oxygen atoms in total. The van der Waals surface area contributed by atoms with E-state index >= 15 is 0 Å². The quantitative estimate of drug-likeness (QED) is 0.742. The normalized spacial score (nSPS) is 23.5. The Morgan fingerprint density at radius 2 is 1.87 bits per heavy atom. The van der Waals surface area contributed by atoms with Crippen LogP contribution in [0.1, 0.15) is 31.2 Å². The molecule has 2 saturated heterocycles. The van der Waals surface area contributed by atoms with Gasteiger partial charge in [-0.05, 0) is 75.2 Å². The van der Waals surface area contributed by atoms with Crippen LogP contribution in [0.5, 0.6) is 0 Å². The van der Waals surface area contributed by atoms with Crippen LogP contribution in [0.2, 0.25) is 0 Å². The number of aromatic nitrogens is 1. The van der Waals surface area contributed by atoms with Gasteiger partial charge in [0.1, 0.15) is 12.4 Å². The highest BCUT2D eigenvalue weighted by Crippen LogP contribution is 2.31. The fourth-order valence-electron chi connectivity index (χ4n) is 4.97. The van der Waals surface area contributed by atoms with E-state index in [9.17, 15) is 4.79 Å². The summed E-state index contributed by atoms with van der Waals surface area (Å²) < 4.78 is 5.83. The Balaban J connectivity index is 1.12. The van der Waals surface area contributed by atoms with E-state index in [4.69, 9.17) is 9.72 Å². The number of hydrogen-bond donors (Lipinski definition) is 1. The number of carbonyl (C=O) groups is 1. The lowest BCUT2D eigenvalue weighted by Crippen LogP contribution is -2.51. The predicted octanol–water partition coefficient (Wildman–Crippen LogP) is 3.30. The molecule has 1 aromatic heterocycles. The minimum Gasteiger partial charge on any atom is -0.367 e. The maximum Gasteiger partial charge on any atom is 0.248 e. The van der Waals surface area contributed by atoms with Gasteiger partial charge in [0.25, 0.3) is 0 Å². The minimum atomic E-state index is 0.00114. The van der Waals surface area contributed by atoms with E-state index < -0.39 is 0 Å². The lowest BCUT2D eigenvalue weighted by Gasteiger charge is -2.38. The zero-order chi connectivity index (χ0) is 21.2. The van der Waals surface area contributed by atoms with Gasteiger partial charge >= 0.3 is 0 Å². The molecule has 166 valence electrons. The fourth-order valence-corrected chi connectivity index (χ4v) is 4.97. The molecule has 2 aliphatic heterocycles. The second kappa shape index (κ2) is 9.13. The lowest BCUT2D eigenvalue weighted by molar-refractivity contribution is -0.149. The summed E-state index contributed by atoms with van der Waals surface area (Å²) in [6, 6.07) is 10.3. The smallest absolute Gasteiger partial charge is 0.248 e. The van der Waals surface area contributed by atoms with Crippen molar-refractivity contribution in [3.05, 3.63) is 35.9 Å². The number of aryl methyl sites for hydroxylation is 1. The maximum atomic E-state index is 12.5. The predicted molar refractivity (Wildman–Crippen MR) is 123 cm³/mol. The summed E-state index contributed by atoms with van der Waals surface area (Å²) in [5.41, 5.74) is 2.21. The molecule has 0 radical (unpaired) electrons. The Kier molecular flexibility index (Phi) is 6.10. The number of pyridine rings is 1. The molecular formula is C25H34N4O2. The van der Waals surface area contributed by atoms with E-state index in [1.165, 1.54) is 56.3 Å². The molecule has 2 aromatic rings. The molecule has 1 N–H and O–H groups in total. The number of morpholine rings is 1. The first kappa shape index (κ1) is 20.7. The molecule has 1 saturated carbocycles. The molecule has 6 heteroatoms. The summed E-state index contributed by atoms with van der Waals surface area (Å²) in [5.74, 6) is 2.59. The Morgan fingerprint density at radius 1 is 1.10 bits per heavy atom. The number of carbonyl (C=O) groups excluding carboxylic acids is 1. The van der Waals surface area contributed by atoms with Gasteiger partial charge in [-0.25, -0.2) is 4.98 Å². The zero-order valence-electron chi connectivity index (χ0n) is 18.6. The number of para-hydroxylation sites is 1. The first-order chi connectivity index (χ1) is 15.1. The van der Waals surface area contributed by atoms with Crippen LogP contribution < -0.4 is 5.32 Å². The van der Waals surface area contributed by atoms with Crippen molar-refractivity contribution < 1.29 is 9.53 Å². The van der Waals surface area contributed by atoms with Crippen LogP contribution in [0.15, 0.2) is 30.3 Å². The van der Waals surface area contributed by atoms with Crippen molar-refractivity contribution in [1.82, 2.24) is 14.8 Å². The number of likely N-dealkylation sites (tertiary alicyclic amines) is 1. The van der Waals surface area contributed by atoms with Crippen LogP contribution in [0, 0.1) is 18.8 Å². The highest BCUT2D eigenvalue weighted by Gasteiger charge is 2.31. The summed E-state index contributed by atoms with van der Waals surface area (Å²) in [5, 5.41) is 4.62. The number of amides is 1. The molecule has 0 spiro atoms. The fraction of sp³-hybridized carbons (Fsp3) is 0.600. The van der Waals surface area contributed by atoms with E-state index in [0.717, 1.165) is 23.8 Å². The molecule has 1 aromatic carbocycles. The van der Waals surface area contributed by atoms with Gasteiger partial charge in [0.15, 0.2) is 0 Å². The standard InChI is InChI=1S/C25H34N4O2/c1-18-12-24(27-23-5-3-2-4-22(18)23)26-13-21-16-29(25(30)17-31-21)15-20-8-10-28(11-9-20)14-19-6-7-19/h2-5,12,19-21H,6-11,13-17H2,1H3,(H,26,27)/t21-/m0/s1. The van der Waals surface area contributed by atoms with Gasteiger partial charge in [-0.1, -0.05) is 18.2 Å². The molecule has 3 aliphatic rings. The van der Waals surface area contributed by atoms with Crippen LogP contribution in [-0.4, -0.2) is 72.7 Å². The molecule has 0 bridgehead atoms. The monoisotopic (exact) mass is 422 g/mol. The number of piperidine rings is 1. The minimum absolute atomic E-state index is 0.00114. The molecule has 5 rings (SSSR count). The first-order valence-corrected chi connectivity index (χ1v) is 11.9. The van der Waals surface area contributed by atoms with Gasteiger partial charge in [-0.2, -0.15) is 0 Å². The summed E-state index contributed by atoms with van der Waals surface area (Å²) >= 11 is 0. The largest absolute Gasteiger partial charge is 0.367 e. The number of rotatable bonds is 7. The maximum absolute atomic E-state index is 12.5. The SMILES string of the molecule is Cc1cc(NC[C@H]2CN(CC3CCN(CC4CC4)CC3)C(=O)CO2)nc2ccccc12. The van der Waals surface area contributed by atoms with Crippen molar-refractivity contribution >= 4 is 22.6 Å². The molecule has 0 unspecified atom stereocenters. The first-order valence-electron chi connectivity index (χ1n) is 11.9. The summed E-state index contributed by atoms with van der Waals surface area (Å²) in [6.07, 6.45) is 5.26. The number of nitrogens with zero attached hydrogens (tertiary/aromatic N) is 3. The van der Waals surface area contributed by atoms with Gasteiger partial charge < -0.3 is 19.9 Å². The summed E-state index contributed by atoms with van der Waals surface area (Å²) in [6.45, 7) is 8.19. The third-order valence-electron chi connectivity index (χ3n) is 7.05. The number of anilines is 1. The van der Waals surface area contributed by atoms with E-state index in [1.54, 1.807) is 0 Å². The Bertz CT molecular complexity index is 921. The van der Waals surface area contributed by atoms with Crippen molar-refractivity contribution in [2.24, 2.45) is 11.8 Å². The number of ether oxygens (including phenoxy) is 1. The Hall–Kier alpha value is -2.18. The molecule has 1 aliphatic carbocycles. The lowest BCUT2D eigenvalue weighted by atomic mass is 9.95. The van der Waals surface area contributed by atoms with Crippen LogP contribution in [0.4, 0.5) is 5.82 Å². The number of nitrogens with one attached hydrogen (secondary N) is 1. The topological polar surface area (TPSA) is 57.7 Å². The molecular weight excluding hydrogens is 388 g/mol. The third kappa shape index (κ3) is 5.18. The van der Waals surface area contributed by atoms with Gasteiger partial charge in [0.2, 0.25) is 5.91 Å². The second-order valence-corrected chi connectivity index (χ2v) is 9.64. The van der Waals surface area contributed by atoms with Crippen LogP contribution >= 0.6 is 0 Å². The van der Waals surface area contributed by atoms with Crippen molar-refractivity contribution in [3.8, 4) is 0 Å². The Labute approximate surface area is 184 Å². The van der Waals surface area contributed by atoms with E-state index in [1.807, 2.05) is 23.1 Å². The van der Waals surface area contributed by atoms with Gasteiger partial charge in [-0.15, -0.1) is 0 Å². The van der Waals surface area contributed by atoms with Crippen LogP contribution in [0.3, 0.4) is 0 Å². The van der Waals surface area contributed by atoms with E-state index in [-0.39, 0.29) is 18.6 Å². The number of fused-ring (bicyclic) bond motifs is 1. The van der Waals surface area contributed by atoms with Crippen LogP contribution in [0.25, 0.3) is 10.9 Å². The van der Waals surface area contributed by atoms with Crippen molar-refractivity contribution in [2.45, 2.75) is 38.7 Å². The van der Waals surface area contributed by atoms with Crippen molar-refractivity contribution in [1.29, 1.82) is 0 Å². The zero-order valence-corrected chi connectivity index (χ0v) is 18.6. The average molecular weight is 423 g/mol.